The Kier molecular flexibility index (Phi) is 6.20. The Bertz CT molecular complexity index is 273. The van der Waals surface area contributed by atoms with E-state index in [-0.39, 0.29) is 23.6 Å². The van der Waals surface area contributed by atoms with Crippen LogP contribution in [0.2, 0.25) is 0 Å². The molecule has 0 amide bonds. The van der Waals surface area contributed by atoms with Crippen molar-refractivity contribution >= 4 is 11.3 Å². The van der Waals surface area contributed by atoms with Gasteiger partial charge in [-0.2, -0.15) is 4.57 Å². The van der Waals surface area contributed by atoms with Gasteiger partial charge in [-0.05, 0) is 13.0 Å². The van der Waals surface area contributed by atoms with Crippen LogP contribution in [-0.2, 0) is 13.0 Å². The van der Waals surface area contributed by atoms with Gasteiger partial charge >= 0.3 is 0 Å². The SMILES string of the molecule is C=CC[n+]1csc(C)c1CCO.[Br-]. The molecule has 0 aliphatic rings. The van der Waals surface area contributed by atoms with Crippen molar-refractivity contribution in [3.8, 4) is 0 Å². The van der Waals surface area contributed by atoms with E-state index in [1.54, 1.807) is 11.3 Å². The highest BCUT2D eigenvalue weighted by molar-refractivity contribution is 7.09. The maximum Gasteiger partial charge on any atom is 0.225 e. The monoisotopic (exact) mass is 263 g/mol. The molecule has 0 unspecified atom stereocenters. The number of aromatic nitrogens is 1. The molecule has 1 heterocycles. The summed E-state index contributed by atoms with van der Waals surface area (Å²) >= 11 is 1.72. The lowest BCUT2D eigenvalue weighted by molar-refractivity contribution is -0.689. The number of nitrogens with zero attached hydrogens (tertiary/aromatic N) is 1. The van der Waals surface area contributed by atoms with E-state index in [0.29, 0.717) is 0 Å². The first-order valence-electron chi connectivity index (χ1n) is 3.97. The molecule has 1 N–H and O–H groups in total. The van der Waals surface area contributed by atoms with Crippen molar-refractivity contribution in [2.45, 2.75) is 19.9 Å². The standard InChI is InChI=1S/C9H14NOS.BrH/c1-3-5-10-7-12-8(2)9(10)4-6-11;/h3,7,11H,1,4-6H2,2H3;1H/q+1;/p-1. The number of rotatable bonds is 4. The van der Waals surface area contributed by atoms with Gasteiger partial charge in [-0.3, -0.25) is 0 Å². The fourth-order valence-corrected chi connectivity index (χ4v) is 2.05. The van der Waals surface area contributed by atoms with E-state index in [1.165, 1.54) is 10.6 Å². The molecule has 1 rings (SSSR count). The lowest BCUT2D eigenvalue weighted by atomic mass is 10.3. The van der Waals surface area contributed by atoms with Gasteiger partial charge in [0.2, 0.25) is 5.51 Å². The van der Waals surface area contributed by atoms with Gasteiger partial charge in [0.15, 0.2) is 12.2 Å². The molecule has 0 radical (unpaired) electrons. The highest BCUT2D eigenvalue weighted by Gasteiger charge is 2.13. The first kappa shape index (κ1) is 12.8. The second-order valence-electron chi connectivity index (χ2n) is 2.64. The van der Waals surface area contributed by atoms with Gasteiger partial charge in [0.25, 0.3) is 0 Å². The number of aliphatic hydroxyl groups is 1. The Labute approximate surface area is 93.3 Å². The molecular weight excluding hydrogens is 250 g/mol. The van der Waals surface area contributed by atoms with Gasteiger partial charge in [0.05, 0.1) is 17.9 Å². The number of hydrogen-bond donors (Lipinski definition) is 1. The van der Waals surface area contributed by atoms with Crippen LogP contribution in [0.4, 0.5) is 0 Å². The van der Waals surface area contributed by atoms with Crippen molar-refractivity contribution in [1.82, 2.24) is 0 Å². The number of halogens is 1. The molecule has 13 heavy (non-hydrogen) atoms. The second kappa shape index (κ2) is 6.29. The van der Waals surface area contributed by atoms with Crippen LogP contribution in [0.5, 0.6) is 0 Å². The molecule has 1 aromatic rings. The van der Waals surface area contributed by atoms with Crippen LogP contribution in [0, 0.1) is 6.92 Å². The average Bonchev–Trinajstić information content (AvgIpc) is 2.37. The number of hydrogen-bond acceptors (Lipinski definition) is 2. The zero-order valence-corrected chi connectivity index (χ0v) is 10.1. The summed E-state index contributed by atoms with van der Waals surface area (Å²) in [6.45, 7) is 6.82. The molecule has 0 aromatic carbocycles. The summed E-state index contributed by atoms with van der Waals surface area (Å²) in [5.41, 5.74) is 3.30. The summed E-state index contributed by atoms with van der Waals surface area (Å²) in [6.07, 6.45) is 2.61. The van der Waals surface area contributed by atoms with Crippen LogP contribution < -0.4 is 21.5 Å². The number of aryl methyl sites for hydroxylation is 1. The summed E-state index contributed by atoms with van der Waals surface area (Å²) < 4.78 is 2.13. The van der Waals surface area contributed by atoms with Gasteiger partial charge in [-0.15, -0.1) is 0 Å². The molecule has 0 saturated carbocycles. The van der Waals surface area contributed by atoms with Crippen LogP contribution in [0.1, 0.15) is 10.6 Å². The molecule has 74 valence electrons. The lowest BCUT2D eigenvalue weighted by Crippen LogP contribution is -3.00. The number of thiazole rings is 1. The van der Waals surface area contributed by atoms with E-state index in [1.807, 2.05) is 6.08 Å². The van der Waals surface area contributed by atoms with Gasteiger partial charge < -0.3 is 22.1 Å². The molecule has 0 bridgehead atoms. The summed E-state index contributed by atoms with van der Waals surface area (Å²) in [4.78, 5) is 1.28. The molecule has 4 heteroatoms. The molecule has 0 aliphatic heterocycles. The van der Waals surface area contributed by atoms with Gasteiger partial charge in [0, 0.05) is 0 Å². The van der Waals surface area contributed by atoms with Gasteiger partial charge in [-0.25, -0.2) is 0 Å². The van der Waals surface area contributed by atoms with Gasteiger partial charge in [0.1, 0.15) is 0 Å². The van der Waals surface area contributed by atoms with E-state index < -0.39 is 0 Å². The average molecular weight is 264 g/mol. The second-order valence-corrected chi connectivity index (χ2v) is 3.70. The van der Waals surface area contributed by atoms with Crippen LogP contribution in [0.3, 0.4) is 0 Å². The van der Waals surface area contributed by atoms with E-state index in [9.17, 15) is 0 Å². The molecule has 0 atom stereocenters. The van der Waals surface area contributed by atoms with Crippen molar-refractivity contribution in [1.29, 1.82) is 0 Å². The van der Waals surface area contributed by atoms with E-state index in [0.717, 1.165) is 13.0 Å². The number of allylic oxidation sites excluding steroid dienone is 1. The summed E-state index contributed by atoms with van der Waals surface area (Å²) in [7, 11) is 0. The Hall–Kier alpha value is -0.190. The summed E-state index contributed by atoms with van der Waals surface area (Å²) in [6, 6.07) is 0. The summed E-state index contributed by atoms with van der Waals surface area (Å²) in [5, 5.41) is 8.82. The third kappa shape index (κ3) is 3.21. The number of aliphatic hydroxyl groups excluding tert-OH is 1. The van der Waals surface area contributed by atoms with Crippen LogP contribution in [0.15, 0.2) is 18.2 Å². The topological polar surface area (TPSA) is 24.1 Å². The Balaban J connectivity index is 0.00000144. The molecular formula is C9H14BrNOS. The summed E-state index contributed by atoms with van der Waals surface area (Å²) in [5.74, 6) is 0. The molecule has 0 aliphatic carbocycles. The normalized spacial score (nSPS) is 9.38. The van der Waals surface area contributed by atoms with Crippen LogP contribution in [0.25, 0.3) is 0 Å². The van der Waals surface area contributed by atoms with Crippen molar-refractivity contribution in [3.05, 3.63) is 28.7 Å². The van der Waals surface area contributed by atoms with Crippen molar-refractivity contribution in [2.24, 2.45) is 0 Å². The first-order valence-corrected chi connectivity index (χ1v) is 4.85. The predicted molar refractivity (Wildman–Crippen MR) is 50.2 cm³/mol. The first-order chi connectivity index (χ1) is 5.79. The van der Waals surface area contributed by atoms with Crippen molar-refractivity contribution in [2.75, 3.05) is 6.61 Å². The van der Waals surface area contributed by atoms with Crippen LogP contribution >= 0.6 is 11.3 Å². The van der Waals surface area contributed by atoms with E-state index >= 15 is 0 Å². The van der Waals surface area contributed by atoms with E-state index in [4.69, 9.17) is 5.11 Å². The molecule has 0 saturated heterocycles. The third-order valence-corrected chi connectivity index (χ3v) is 2.73. The maximum atomic E-state index is 8.82. The zero-order valence-electron chi connectivity index (χ0n) is 7.66. The fraction of sp³-hybridized carbons (Fsp3) is 0.444. The minimum Gasteiger partial charge on any atom is -1.00 e. The Morgan fingerprint density at radius 1 is 1.69 bits per heavy atom. The Morgan fingerprint density at radius 2 is 2.38 bits per heavy atom. The van der Waals surface area contributed by atoms with Crippen molar-refractivity contribution < 1.29 is 26.7 Å². The predicted octanol–water partition coefficient (Wildman–Crippen LogP) is -1.93. The lowest BCUT2D eigenvalue weighted by Gasteiger charge is -1.93. The molecule has 2 nitrogen and oxygen atoms in total. The van der Waals surface area contributed by atoms with Gasteiger partial charge in [-0.1, -0.05) is 17.9 Å². The highest BCUT2D eigenvalue weighted by Crippen LogP contribution is 2.09. The molecule has 0 fully saturated rings. The molecule has 1 aromatic heterocycles. The fourth-order valence-electron chi connectivity index (χ4n) is 1.19. The zero-order chi connectivity index (χ0) is 8.97. The third-order valence-electron chi connectivity index (χ3n) is 1.78. The largest absolute Gasteiger partial charge is 1.00 e. The van der Waals surface area contributed by atoms with Crippen LogP contribution in [-0.4, -0.2) is 11.7 Å². The molecule has 0 spiro atoms. The van der Waals surface area contributed by atoms with E-state index in [2.05, 4.69) is 23.6 Å². The van der Waals surface area contributed by atoms with Crippen molar-refractivity contribution in [3.63, 3.8) is 0 Å². The minimum absolute atomic E-state index is 0. The quantitative estimate of drug-likeness (QED) is 0.497. The minimum atomic E-state index is 0. The maximum absolute atomic E-state index is 8.82. The smallest absolute Gasteiger partial charge is 0.225 e. The Morgan fingerprint density at radius 3 is 2.92 bits per heavy atom. The highest BCUT2D eigenvalue weighted by atomic mass is 79.9.